The maximum absolute atomic E-state index is 12.1. The van der Waals surface area contributed by atoms with E-state index in [4.69, 9.17) is 9.15 Å². The summed E-state index contributed by atoms with van der Waals surface area (Å²) in [6.45, 7) is 0.436. The summed E-state index contributed by atoms with van der Waals surface area (Å²) in [5.41, 5.74) is 0.899. The molecule has 5 nitrogen and oxygen atoms in total. The van der Waals surface area contributed by atoms with Crippen LogP contribution < -0.4 is 5.32 Å². The first-order valence-electron chi connectivity index (χ1n) is 5.95. The third kappa shape index (κ3) is 2.38. The van der Waals surface area contributed by atoms with Gasteiger partial charge in [-0.3, -0.25) is 4.79 Å². The number of rotatable bonds is 2. The van der Waals surface area contributed by atoms with Gasteiger partial charge in [-0.15, -0.1) is 0 Å². The molecule has 3 rings (SSSR count). The summed E-state index contributed by atoms with van der Waals surface area (Å²) >= 11 is 4.71. The molecule has 1 amide bonds. The highest BCUT2D eigenvalue weighted by molar-refractivity contribution is 9.10. The highest BCUT2D eigenvalue weighted by Gasteiger charge is 2.29. The number of furan rings is 1. The maximum atomic E-state index is 12.1. The number of ether oxygens (including phenoxy) is 1. The number of fused-ring (bicyclic) bond motifs is 1. The number of esters is 1. The Labute approximate surface area is 127 Å². The van der Waals surface area contributed by atoms with E-state index in [9.17, 15) is 9.59 Å². The fourth-order valence-corrected chi connectivity index (χ4v) is 3.46. The van der Waals surface area contributed by atoms with Crippen LogP contribution in [-0.2, 0) is 4.74 Å². The SMILES string of the molecule is O=C(OC1CCNC(=O)c2ccoc21)c1cscc1Br. The van der Waals surface area contributed by atoms with E-state index in [2.05, 4.69) is 21.2 Å². The molecule has 2 aromatic rings. The van der Waals surface area contributed by atoms with Crippen molar-refractivity contribution < 1.29 is 18.7 Å². The van der Waals surface area contributed by atoms with Crippen molar-refractivity contribution >= 4 is 39.1 Å². The van der Waals surface area contributed by atoms with Crippen molar-refractivity contribution in [2.45, 2.75) is 12.5 Å². The molecule has 1 atom stereocenters. The molecule has 1 N–H and O–H groups in total. The molecule has 0 bridgehead atoms. The maximum Gasteiger partial charge on any atom is 0.340 e. The molecular formula is C13H10BrNO4S. The molecule has 7 heteroatoms. The molecule has 1 aliphatic rings. The van der Waals surface area contributed by atoms with Crippen LogP contribution >= 0.6 is 27.3 Å². The van der Waals surface area contributed by atoms with Gasteiger partial charge >= 0.3 is 5.97 Å². The highest BCUT2D eigenvalue weighted by Crippen LogP contribution is 2.30. The van der Waals surface area contributed by atoms with Crippen molar-refractivity contribution in [3.63, 3.8) is 0 Å². The zero-order chi connectivity index (χ0) is 14.1. The Bertz CT molecular complexity index is 663. The van der Waals surface area contributed by atoms with Gasteiger partial charge in [-0.1, -0.05) is 0 Å². The Morgan fingerprint density at radius 3 is 3.10 bits per heavy atom. The number of thiophene rings is 1. The zero-order valence-electron chi connectivity index (χ0n) is 10.2. The Balaban J connectivity index is 1.85. The van der Waals surface area contributed by atoms with Gasteiger partial charge in [0.05, 0.1) is 17.4 Å². The lowest BCUT2D eigenvalue weighted by Crippen LogP contribution is -2.22. The first-order valence-corrected chi connectivity index (χ1v) is 7.68. The van der Waals surface area contributed by atoms with E-state index in [1.807, 2.05) is 5.38 Å². The van der Waals surface area contributed by atoms with Crippen LogP contribution in [-0.4, -0.2) is 18.4 Å². The number of carbonyl (C=O) groups is 2. The van der Waals surface area contributed by atoms with E-state index < -0.39 is 12.1 Å². The summed E-state index contributed by atoms with van der Waals surface area (Å²) in [5, 5.41) is 6.27. The Morgan fingerprint density at radius 1 is 1.50 bits per heavy atom. The largest absolute Gasteiger partial charge is 0.465 e. The summed E-state index contributed by atoms with van der Waals surface area (Å²) in [5.74, 6) is -0.233. The zero-order valence-corrected chi connectivity index (χ0v) is 12.6. The molecule has 0 saturated heterocycles. The van der Waals surface area contributed by atoms with Gasteiger partial charge in [-0.25, -0.2) is 4.79 Å². The number of hydrogen-bond donors (Lipinski definition) is 1. The average Bonchev–Trinajstić information content (AvgIpc) is 3.03. The predicted molar refractivity (Wildman–Crippen MR) is 75.8 cm³/mol. The van der Waals surface area contributed by atoms with Crippen LogP contribution in [0.15, 0.2) is 32.0 Å². The van der Waals surface area contributed by atoms with Crippen LogP contribution in [0.2, 0.25) is 0 Å². The lowest BCUT2D eigenvalue weighted by molar-refractivity contribution is 0.0229. The first kappa shape index (κ1) is 13.4. The Hall–Kier alpha value is -1.60. The van der Waals surface area contributed by atoms with Gasteiger partial charge in [0.15, 0.2) is 11.9 Å². The number of carbonyl (C=O) groups excluding carboxylic acids is 2. The molecule has 3 heterocycles. The van der Waals surface area contributed by atoms with Crippen molar-refractivity contribution in [1.29, 1.82) is 0 Å². The van der Waals surface area contributed by atoms with Gasteiger partial charge < -0.3 is 14.5 Å². The lowest BCUT2D eigenvalue weighted by atomic mass is 10.1. The van der Waals surface area contributed by atoms with E-state index in [1.165, 1.54) is 17.6 Å². The first-order chi connectivity index (χ1) is 9.66. The summed E-state index contributed by atoms with van der Waals surface area (Å²) in [4.78, 5) is 23.9. The van der Waals surface area contributed by atoms with Crippen LogP contribution in [0.5, 0.6) is 0 Å². The molecule has 0 saturated carbocycles. The van der Waals surface area contributed by atoms with Crippen LogP contribution in [0.1, 0.15) is 39.0 Å². The van der Waals surface area contributed by atoms with Gasteiger partial charge in [0.25, 0.3) is 5.91 Å². The van der Waals surface area contributed by atoms with Crippen LogP contribution in [0.25, 0.3) is 0 Å². The molecule has 0 spiro atoms. The van der Waals surface area contributed by atoms with E-state index in [-0.39, 0.29) is 5.91 Å². The third-order valence-corrected chi connectivity index (χ3v) is 4.71. The van der Waals surface area contributed by atoms with Gasteiger partial charge in [0, 0.05) is 28.2 Å². The number of amides is 1. The molecule has 1 unspecified atom stereocenters. The van der Waals surface area contributed by atoms with E-state index >= 15 is 0 Å². The molecule has 0 aromatic carbocycles. The van der Waals surface area contributed by atoms with E-state index in [1.54, 1.807) is 11.4 Å². The molecule has 0 radical (unpaired) electrons. The van der Waals surface area contributed by atoms with Crippen molar-refractivity contribution in [3.05, 3.63) is 44.4 Å². The van der Waals surface area contributed by atoms with Crippen molar-refractivity contribution in [1.82, 2.24) is 5.32 Å². The second kappa shape index (κ2) is 5.41. The second-order valence-electron chi connectivity index (χ2n) is 4.27. The minimum Gasteiger partial charge on any atom is -0.465 e. The fourth-order valence-electron chi connectivity index (χ4n) is 2.03. The monoisotopic (exact) mass is 355 g/mol. The molecule has 2 aromatic heterocycles. The van der Waals surface area contributed by atoms with E-state index in [0.29, 0.717) is 34.3 Å². The molecule has 0 fully saturated rings. The molecule has 0 aliphatic carbocycles. The van der Waals surface area contributed by atoms with Crippen LogP contribution in [0.3, 0.4) is 0 Å². The molecule has 20 heavy (non-hydrogen) atoms. The summed E-state index contributed by atoms with van der Waals surface area (Å²) < 4.78 is 11.5. The summed E-state index contributed by atoms with van der Waals surface area (Å²) in [6.07, 6.45) is 1.36. The topological polar surface area (TPSA) is 68.5 Å². The molecule has 104 valence electrons. The molecular weight excluding hydrogens is 346 g/mol. The summed E-state index contributed by atoms with van der Waals surface area (Å²) in [7, 11) is 0. The van der Waals surface area contributed by atoms with Crippen LogP contribution in [0, 0.1) is 0 Å². The smallest absolute Gasteiger partial charge is 0.340 e. The highest BCUT2D eigenvalue weighted by atomic mass is 79.9. The number of halogens is 1. The third-order valence-electron chi connectivity index (χ3n) is 3.01. The Morgan fingerprint density at radius 2 is 2.35 bits per heavy atom. The average molecular weight is 356 g/mol. The number of nitrogens with one attached hydrogen (secondary N) is 1. The quantitative estimate of drug-likeness (QED) is 0.840. The normalized spacial score (nSPS) is 18.1. The van der Waals surface area contributed by atoms with Gasteiger partial charge in [-0.2, -0.15) is 11.3 Å². The fraction of sp³-hybridized carbons (Fsp3) is 0.231. The lowest BCUT2D eigenvalue weighted by Gasteiger charge is -2.14. The second-order valence-corrected chi connectivity index (χ2v) is 5.87. The van der Waals surface area contributed by atoms with Crippen molar-refractivity contribution in [2.75, 3.05) is 6.54 Å². The minimum absolute atomic E-state index is 0.205. The van der Waals surface area contributed by atoms with Gasteiger partial charge in [0.1, 0.15) is 0 Å². The van der Waals surface area contributed by atoms with Gasteiger partial charge in [0.2, 0.25) is 0 Å². The van der Waals surface area contributed by atoms with Crippen molar-refractivity contribution in [2.24, 2.45) is 0 Å². The van der Waals surface area contributed by atoms with Crippen molar-refractivity contribution in [3.8, 4) is 0 Å². The van der Waals surface area contributed by atoms with E-state index in [0.717, 1.165) is 0 Å². The number of hydrogen-bond acceptors (Lipinski definition) is 5. The van der Waals surface area contributed by atoms with Crippen LogP contribution in [0.4, 0.5) is 0 Å². The molecule has 1 aliphatic heterocycles. The predicted octanol–water partition coefficient (Wildman–Crippen LogP) is 3.14. The summed E-state index contributed by atoms with van der Waals surface area (Å²) in [6, 6.07) is 1.58. The minimum atomic E-state index is -0.557. The Kier molecular flexibility index (Phi) is 3.62. The standard InChI is InChI=1S/C13H10BrNO4S/c14-9-6-20-5-8(9)13(17)19-10-1-3-15-12(16)7-2-4-18-11(7)10/h2,4-6,10H,1,3H2,(H,15,16). The van der Waals surface area contributed by atoms with Gasteiger partial charge in [-0.05, 0) is 22.0 Å².